The first-order chi connectivity index (χ1) is 8.68. The van der Waals surface area contributed by atoms with E-state index in [1.165, 1.54) is 12.3 Å². The van der Waals surface area contributed by atoms with E-state index in [0.717, 1.165) is 5.56 Å². The molecule has 2 N–H and O–H groups in total. The third-order valence-corrected chi connectivity index (χ3v) is 2.62. The second-order valence-electron chi connectivity index (χ2n) is 3.89. The lowest BCUT2D eigenvalue weighted by molar-refractivity contribution is 0.0938. The highest BCUT2D eigenvalue weighted by Crippen LogP contribution is 2.10. The Labute approximate surface area is 104 Å². The molecular formula is C13H13N3O2. The van der Waals surface area contributed by atoms with Crippen molar-refractivity contribution in [2.75, 3.05) is 0 Å². The molecule has 92 valence electrons. The molecule has 0 fully saturated rings. The lowest BCUT2D eigenvalue weighted by atomic mass is 10.1. The summed E-state index contributed by atoms with van der Waals surface area (Å²) in [6, 6.07) is 6.57. The summed E-state index contributed by atoms with van der Waals surface area (Å²) in [4.78, 5) is 29.7. The zero-order valence-corrected chi connectivity index (χ0v) is 9.88. The van der Waals surface area contributed by atoms with Crippen LogP contribution in [0.25, 0.3) is 0 Å². The van der Waals surface area contributed by atoms with Crippen molar-refractivity contribution in [1.29, 1.82) is 0 Å². The Balaban J connectivity index is 2.14. The van der Waals surface area contributed by atoms with Crippen molar-refractivity contribution in [3.63, 3.8) is 0 Å². The molecule has 0 aromatic carbocycles. The second kappa shape index (κ2) is 5.27. The Kier molecular flexibility index (Phi) is 3.52. The number of hydrogen-bond donors (Lipinski definition) is 2. The molecule has 1 amide bonds. The number of nitrogens with zero attached hydrogens (tertiary/aromatic N) is 1. The molecule has 18 heavy (non-hydrogen) atoms. The third-order valence-electron chi connectivity index (χ3n) is 2.62. The summed E-state index contributed by atoms with van der Waals surface area (Å²) >= 11 is 0. The minimum absolute atomic E-state index is 0.110. The monoisotopic (exact) mass is 243 g/mol. The van der Waals surface area contributed by atoms with Crippen LogP contribution >= 0.6 is 0 Å². The second-order valence-corrected chi connectivity index (χ2v) is 3.89. The fourth-order valence-corrected chi connectivity index (χ4v) is 1.61. The molecule has 5 nitrogen and oxygen atoms in total. The van der Waals surface area contributed by atoms with Gasteiger partial charge in [0, 0.05) is 18.6 Å². The highest BCUT2D eigenvalue weighted by molar-refractivity contribution is 5.93. The number of carbonyl (C=O) groups is 1. The van der Waals surface area contributed by atoms with Crippen LogP contribution in [0.1, 0.15) is 28.9 Å². The van der Waals surface area contributed by atoms with E-state index >= 15 is 0 Å². The zero-order chi connectivity index (χ0) is 13.0. The van der Waals surface area contributed by atoms with Crippen molar-refractivity contribution in [2.24, 2.45) is 0 Å². The molecule has 0 aliphatic rings. The van der Waals surface area contributed by atoms with E-state index in [2.05, 4.69) is 15.3 Å². The van der Waals surface area contributed by atoms with Gasteiger partial charge in [0.05, 0.1) is 6.04 Å². The molecule has 2 aromatic heterocycles. The number of nitrogens with one attached hydrogen (secondary N) is 2. The van der Waals surface area contributed by atoms with Crippen LogP contribution in [0.3, 0.4) is 0 Å². The lowest BCUT2D eigenvalue weighted by Crippen LogP contribution is -2.31. The average Bonchev–Trinajstić information content (AvgIpc) is 2.40. The van der Waals surface area contributed by atoms with Crippen LogP contribution in [0.15, 0.2) is 47.7 Å². The zero-order valence-electron chi connectivity index (χ0n) is 9.88. The topological polar surface area (TPSA) is 74.8 Å². The quantitative estimate of drug-likeness (QED) is 0.852. The van der Waals surface area contributed by atoms with Gasteiger partial charge in [-0.25, -0.2) is 0 Å². The summed E-state index contributed by atoms with van der Waals surface area (Å²) in [5, 5.41) is 2.77. The van der Waals surface area contributed by atoms with Crippen molar-refractivity contribution in [3.8, 4) is 0 Å². The Bertz CT molecular complexity index is 592. The van der Waals surface area contributed by atoms with Crippen LogP contribution in [0.5, 0.6) is 0 Å². The van der Waals surface area contributed by atoms with E-state index in [0.29, 0.717) is 0 Å². The van der Waals surface area contributed by atoms with Gasteiger partial charge in [-0.3, -0.25) is 14.6 Å². The normalized spacial score (nSPS) is 11.8. The van der Waals surface area contributed by atoms with Gasteiger partial charge in [-0.15, -0.1) is 0 Å². The third kappa shape index (κ3) is 2.63. The highest BCUT2D eigenvalue weighted by atomic mass is 16.2. The Hall–Kier alpha value is -2.43. The predicted octanol–water partition coefficient (Wildman–Crippen LogP) is 1.26. The Morgan fingerprint density at radius 2 is 2.06 bits per heavy atom. The molecule has 0 saturated heterocycles. The number of carbonyl (C=O) groups excluding carboxylic acids is 1. The highest BCUT2D eigenvalue weighted by Gasteiger charge is 2.13. The minimum atomic E-state index is -0.392. The van der Waals surface area contributed by atoms with Gasteiger partial charge in [0.2, 0.25) is 0 Å². The molecule has 0 aliphatic carbocycles. The van der Waals surface area contributed by atoms with Crippen LogP contribution in [-0.4, -0.2) is 15.9 Å². The van der Waals surface area contributed by atoms with Crippen LogP contribution in [0, 0.1) is 0 Å². The van der Waals surface area contributed by atoms with E-state index < -0.39 is 5.56 Å². The first-order valence-electron chi connectivity index (χ1n) is 5.57. The van der Waals surface area contributed by atoms with E-state index in [1.807, 2.05) is 19.1 Å². The van der Waals surface area contributed by atoms with Crippen LogP contribution in [0.2, 0.25) is 0 Å². The van der Waals surface area contributed by atoms with Crippen LogP contribution < -0.4 is 10.9 Å². The van der Waals surface area contributed by atoms with E-state index in [9.17, 15) is 9.59 Å². The van der Waals surface area contributed by atoms with E-state index in [-0.39, 0.29) is 17.5 Å². The molecule has 0 bridgehead atoms. The standard InChI is InChI=1S/C13H13N3O2/c1-9(10-4-7-14-8-5-10)16-13(18)11-3-2-6-15-12(11)17/h2-9H,1H3,(H,15,17)(H,16,18). The molecular weight excluding hydrogens is 230 g/mol. The molecule has 0 aliphatic heterocycles. The Morgan fingerprint density at radius 1 is 1.33 bits per heavy atom. The molecule has 0 radical (unpaired) electrons. The van der Waals surface area contributed by atoms with Crippen LogP contribution in [0.4, 0.5) is 0 Å². The summed E-state index contributed by atoms with van der Waals surface area (Å²) in [5.74, 6) is -0.388. The van der Waals surface area contributed by atoms with Crippen molar-refractivity contribution in [3.05, 3.63) is 64.3 Å². The molecule has 1 atom stereocenters. The number of amides is 1. The van der Waals surface area contributed by atoms with Crippen molar-refractivity contribution in [2.45, 2.75) is 13.0 Å². The van der Waals surface area contributed by atoms with Gasteiger partial charge in [-0.2, -0.15) is 0 Å². The molecule has 0 spiro atoms. The van der Waals surface area contributed by atoms with Gasteiger partial charge in [0.1, 0.15) is 5.56 Å². The van der Waals surface area contributed by atoms with Crippen LogP contribution in [-0.2, 0) is 0 Å². The fraction of sp³-hybridized carbons (Fsp3) is 0.154. The largest absolute Gasteiger partial charge is 0.345 e. The average molecular weight is 243 g/mol. The first-order valence-corrected chi connectivity index (χ1v) is 5.57. The maximum atomic E-state index is 11.9. The fourth-order valence-electron chi connectivity index (χ4n) is 1.61. The number of aromatic amines is 1. The first kappa shape index (κ1) is 12.0. The summed E-state index contributed by atoms with van der Waals surface area (Å²) in [6.07, 6.45) is 4.81. The van der Waals surface area contributed by atoms with E-state index in [4.69, 9.17) is 0 Å². The SMILES string of the molecule is CC(NC(=O)c1ccc[nH]c1=O)c1ccncc1. The van der Waals surface area contributed by atoms with Crippen molar-refractivity contribution in [1.82, 2.24) is 15.3 Å². The summed E-state index contributed by atoms with van der Waals surface area (Å²) < 4.78 is 0. The molecule has 2 heterocycles. The molecule has 2 aromatic rings. The number of aromatic nitrogens is 2. The maximum absolute atomic E-state index is 11.9. The molecule has 0 saturated carbocycles. The van der Waals surface area contributed by atoms with Gasteiger partial charge >= 0.3 is 0 Å². The van der Waals surface area contributed by atoms with Gasteiger partial charge in [-0.1, -0.05) is 0 Å². The minimum Gasteiger partial charge on any atom is -0.345 e. The van der Waals surface area contributed by atoms with Gasteiger partial charge in [-0.05, 0) is 36.8 Å². The van der Waals surface area contributed by atoms with Gasteiger partial charge in [0.25, 0.3) is 11.5 Å². The predicted molar refractivity (Wildman–Crippen MR) is 67.2 cm³/mol. The summed E-state index contributed by atoms with van der Waals surface area (Å²) in [6.45, 7) is 1.85. The Morgan fingerprint density at radius 3 is 2.72 bits per heavy atom. The maximum Gasteiger partial charge on any atom is 0.260 e. The smallest absolute Gasteiger partial charge is 0.260 e. The molecule has 1 unspecified atom stereocenters. The number of H-pyrrole nitrogens is 1. The molecule has 2 rings (SSSR count). The summed E-state index contributed by atoms with van der Waals surface area (Å²) in [7, 11) is 0. The van der Waals surface area contributed by atoms with Gasteiger partial charge in [0.15, 0.2) is 0 Å². The molecule has 5 heteroatoms. The van der Waals surface area contributed by atoms with Crippen molar-refractivity contribution < 1.29 is 4.79 Å². The lowest BCUT2D eigenvalue weighted by Gasteiger charge is -2.13. The van der Waals surface area contributed by atoms with E-state index in [1.54, 1.807) is 18.5 Å². The number of rotatable bonds is 3. The van der Waals surface area contributed by atoms with Gasteiger partial charge < -0.3 is 10.3 Å². The van der Waals surface area contributed by atoms with Crippen molar-refractivity contribution >= 4 is 5.91 Å². The number of hydrogen-bond acceptors (Lipinski definition) is 3. The summed E-state index contributed by atoms with van der Waals surface area (Å²) in [5.41, 5.74) is 0.654. The number of pyridine rings is 2.